The Balaban J connectivity index is 2.18. The molecule has 0 radical (unpaired) electrons. The van der Waals surface area contributed by atoms with Crippen LogP contribution in [0.4, 0.5) is 4.39 Å². The number of rotatable bonds is 6. The van der Waals surface area contributed by atoms with Gasteiger partial charge in [0.05, 0.1) is 16.4 Å². The fraction of sp³-hybridized carbons (Fsp3) is 0.400. The lowest BCUT2D eigenvalue weighted by molar-refractivity contribution is 0.0924. The second-order valence-electron chi connectivity index (χ2n) is 5.19. The van der Waals surface area contributed by atoms with Crippen molar-refractivity contribution in [2.24, 2.45) is 0 Å². The summed E-state index contributed by atoms with van der Waals surface area (Å²) in [7, 11) is 1.61. The standard InChI is InChI=1S/C15H18ClFN4O2/c1-9(6-7-23-3)18-15(22)14-10(2)21(20-19-14)11-4-5-13(17)12(16)8-11/h4-5,8-9H,6-7H2,1-3H3,(H,18,22). The number of nitrogens with one attached hydrogen (secondary N) is 1. The Morgan fingerprint density at radius 2 is 2.26 bits per heavy atom. The van der Waals surface area contributed by atoms with Crippen LogP contribution in [0.5, 0.6) is 0 Å². The summed E-state index contributed by atoms with van der Waals surface area (Å²) in [4.78, 5) is 12.3. The van der Waals surface area contributed by atoms with Crippen LogP contribution in [-0.4, -0.2) is 40.7 Å². The molecule has 2 aromatic rings. The Morgan fingerprint density at radius 1 is 1.52 bits per heavy atom. The van der Waals surface area contributed by atoms with Crippen molar-refractivity contribution in [2.75, 3.05) is 13.7 Å². The van der Waals surface area contributed by atoms with Gasteiger partial charge in [-0.1, -0.05) is 16.8 Å². The topological polar surface area (TPSA) is 69.0 Å². The van der Waals surface area contributed by atoms with Crippen molar-refractivity contribution in [1.29, 1.82) is 0 Å². The van der Waals surface area contributed by atoms with Crippen LogP contribution in [-0.2, 0) is 4.74 Å². The van der Waals surface area contributed by atoms with Crippen LogP contribution in [0, 0.1) is 12.7 Å². The highest BCUT2D eigenvalue weighted by atomic mass is 35.5. The zero-order chi connectivity index (χ0) is 17.0. The molecular formula is C15H18ClFN4O2. The monoisotopic (exact) mass is 340 g/mol. The first kappa shape index (κ1) is 17.4. The van der Waals surface area contributed by atoms with Crippen LogP contribution in [0.2, 0.25) is 5.02 Å². The molecular weight excluding hydrogens is 323 g/mol. The van der Waals surface area contributed by atoms with Crippen LogP contribution < -0.4 is 5.32 Å². The molecule has 1 heterocycles. The minimum Gasteiger partial charge on any atom is -0.385 e. The molecule has 0 saturated carbocycles. The molecule has 0 spiro atoms. The SMILES string of the molecule is COCCC(C)NC(=O)c1nnn(-c2ccc(F)c(Cl)c2)c1C. The summed E-state index contributed by atoms with van der Waals surface area (Å²) < 4.78 is 19.7. The normalized spacial score (nSPS) is 12.2. The van der Waals surface area contributed by atoms with E-state index in [4.69, 9.17) is 16.3 Å². The van der Waals surface area contributed by atoms with E-state index in [1.54, 1.807) is 14.0 Å². The molecule has 2 rings (SSSR count). The predicted molar refractivity (Wildman–Crippen MR) is 84.5 cm³/mol. The summed E-state index contributed by atoms with van der Waals surface area (Å²) in [5.41, 5.74) is 1.30. The zero-order valence-corrected chi connectivity index (χ0v) is 13.9. The number of carbonyl (C=O) groups is 1. The summed E-state index contributed by atoms with van der Waals surface area (Å²) in [5, 5.41) is 10.7. The van der Waals surface area contributed by atoms with Crippen molar-refractivity contribution in [3.05, 3.63) is 40.4 Å². The number of benzene rings is 1. The molecule has 0 aliphatic carbocycles. The van der Waals surface area contributed by atoms with Gasteiger partial charge >= 0.3 is 0 Å². The quantitative estimate of drug-likeness (QED) is 0.877. The highest BCUT2D eigenvalue weighted by Crippen LogP contribution is 2.20. The maximum Gasteiger partial charge on any atom is 0.273 e. The number of nitrogens with zero attached hydrogens (tertiary/aromatic N) is 3. The molecule has 1 amide bonds. The van der Waals surface area contributed by atoms with Gasteiger partial charge in [0.15, 0.2) is 5.69 Å². The first-order valence-electron chi connectivity index (χ1n) is 7.11. The highest BCUT2D eigenvalue weighted by molar-refractivity contribution is 6.30. The summed E-state index contributed by atoms with van der Waals surface area (Å²) >= 11 is 5.78. The van der Waals surface area contributed by atoms with E-state index in [9.17, 15) is 9.18 Å². The summed E-state index contributed by atoms with van der Waals surface area (Å²) in [5.74, 6) is -0.830. The van der Waals surface area contributed by atoms with Crippen molar-refractivity contribution in [2.45, 2.75) is 26.3 Å². The van der Waals surface area contributed by atoms with Crippen molar-refractivity contribution >= 4 is 17.5 Å². The van der Waals surface area contributed by atoms with Crippen molar-refractivity contribution < 1.29 is 13.9 Å². The molecule has 124 valence electrons. The second kappa shape index (κ2) is 7.52. The lowest BCUT2D eigenvalue weighted by atomic mass is 10.2. The van der Waals surface area contributed by atoms with Crippen LogP contribution in [0.15, 0.2) is 18.2 Å². The van der Waals surface area contributed by atoms with E-state index in [2.05, 4.69) is 15.6 Å². The smallest absolute Gasteiger partial charge is 0.273 e. The Bertz CT molecular complexity index is 705. The van der Waals surface area contributed by atoms with Gasteiger partial charge in [0.1, 0.15) is 5.82 Å². The number of halogens is 2. The lowest BCUT2D eigenvalue weighted by Gasteiger charge is -2.12. The van der Waals surface area contributed by atoms with Gasteiger partial charge in [0, 0.05) is 19.8 Å². The molecule has 1 unspecified atom stereocenters. The number of hydrogen-bond donors (Lipinski definition) is 1. The second-order valence-corrected chi connectivity index (χ2v) is 5.60. The third-order valence-corrected chi connectivity index (χ3v) is 3.68. The minimum atomic E-state index is -0.516. The van der Waals surface area contributed by atoms with Gasteiger partial charge in [-0.25, -0.2) is 9.07 Å². The van der Waals surface area contributed by atoms with E-state index in [0.717, 1.165) is 0 Å². The number of amides is 1. The van der Waals surface area contributed by atoms with Gasteiger partial charge in [0.2, 0.25) is 0 Å². The maximum absolute atomic E-state index is 13.2. The van der Waals surface area contributed by atoms with Gasteiger partial charge in [-0.15, -0.1) is 5.10 Å². The summed E-state index contributed by atoms with van der Waals surface area (Å²) in [6, 6.07) is 4.14. The van der Waals surface area contributed by atoms with Crippen LogP contribution in [0.1, 0.15) is 29.5 Å². The fourth-order valence-corrected chi connectivity index (χ4v) is 2.23. The molecule has 0 aliphatic rings. The van der Waals surface area contributed by atoms with Crippen molar-refractivity contribution in [3.63, 3.8) is 0 Å². The lowest BCUT2D eigenvalue weighted by Crippen LogP contribution is -2.34. The summed E-state index contributed by atoms with van der Waals surface area (Å²) in [6.45, 7) is 4.16. The number of aromatic nitrogens is 3. The molecule has 1 atom stereocenters. The molecule has 1 aromatic carbocycles. The Labute approximate surface area is 138 Å². The van der Waals surface area contributed by atoms with Crippen LogP contribution in [0.3, 0.4) is 0 Å². The van der Waals surface area contributed by atoms with E-state index in [0.29, 0.717) is 24.4 Å². The van der Waals surface area contributed by atoms with E-state index >= 15 is 0 Å². The van der Waals surface area contributed by atoms with Gasteiger partial charge in [-0.05, 0) is 38.5 Å². The van der Waals surface area contributed by atoms with E-state index in [1.807, 2.05) is 6.92 Å². The predicted octanol–water partition coefficient (Wildman–Crippen LogP) is 2.52. The molecule has 0 saturated heterocycles. The first-order chi connectivity index (χ1) is 10.9. The first-order valence-corrected chi connectivity index (χ1v) is 7.49. The number of carbonyl (C=O) groups excluding carboxylic acids is 1. The molecule has 8 heteroatoms. The highest BCUT2D eigenvalue weighted by Gasteiger charge is 2.19. The number of methoxy groups -OCH3 is 1. The third kappa shape index (κ3) is 4.05. The van der Waals surface area contributed by atoms with Crippen LogP contribution in [0.25, 0.3) is 5.69 Å². The molecule has 1 N–H and O–H groups in total. The molecule has 0 fully saturated rings. The Kier molecular flexibility index (Phi) is 5.68. The fourth-order valence-electron chi connectivity index (χ4n) is 2.06. The average molecular weight is 341 g/mol. The van der Waals surface area contributed by atoms with Gasteiger partial charge < -0.3 is 10.1 Å². The Hall–Kier alpha value is -1.99. The zero-order valence-electron chi connectivity index (χ0n) is 13.1. The molecule has 1 aromatic heterocycles. The van der Waals surface area contributed by atoms with Crippen LogP contribution >= 0.6 is 11.6 Å². The van der Waals surface area contributed by atoms with Gasteiger partial charge in [-0.2, -0.15) is 0 Å². The van der Waals surface area contributed by atoms with E-state index in [-0.39, 0.29) is 22.7 Å². The van der Waals surface area contributed by atoms with E-state index in [1.165, 1.54) is 22.9 Å². The summed E-state index contributed by atoms with van der Waals surface area (Å²) in [6.07, 6.45) is 0.697. The average Bonchev–Trinajstić information content (AvgIpc) is 2.89. The largest absolute Gasteiger partial charge is 0.385 e. The van der Waals surface area contributed by atoms with Crippen molar-refractivity contribution in [1.82, 2.24) is 20.3 Å². The van der Waals surface area contributed by atoms with Crippen molar-refractivity contribution in [3.8, 4) is 5.69 Å². The minimum absolute atomic E-state index is 0.0170. The maximum atomic E-state index is 13.2. The number of ether oxygens (including phenoxy) is 1. The number of hydrogen-bond acceptors (Lipinski definition) is 4. The third-order valence-electron chi connectivity index (χ3n) is 3.39. The molecule has 23 heavy (non-hydrogen) atoms. The molecule has 0 bridgehead atoms. The molecule has 0 aliphatic heterocycles. The van der Waals surface area contributed by atoms with E-state index < -0.39 is 5.82 Å². The van der Waals surface area contributed by atoms with Gasteiger partial charge in [0.25, 0.3) is 5.91 Å². The van der Waals surface area contributed by atoms with Gasteiger partial charge in [-0.3, -0.25) is 4.79 Å². The Morgan fingerprint density at radius 3 is 2.91 bits per heavy atom. The molecule has 6 nitrogen and oxygen atoms in total.